The van der Waals surface area contributed by atoms with Crippen molar-refractivity contribution in [3.8, 4) is 34.1 Å². The lowest BCUT2D eigenvalue weighted by Gasteiger charge is -2.23. The number of rotatable bonds is 15. The van der Waals surface area contributed by atoms with E-state index in [9.17, 15) is 4.79 Å². The second-order valence-corrected chi connectivity index (χ2v) is 15.4. The summed E-state index contributed by atoms with van der Waals surface area (Å²) in [4.78, 5) is 25.6. The van der Waals surface area contributed by atoms with E-state index in [2.05, 4.69) is 0 Å². The quantitative estimate of drug-likeness (QED) is 0.0438. The highest BCUT2D eigenvalue weighted by Gasteiger charge is 2.28. The molecule has 8 aromatic carbocycles. The van der Waals surface area contributed by atoms with Gasteiger partial charge in [-0.15, -0.1) is 0 Å². The van der Waals surface area contributed by atoms with Gasteiger partial charge in [0.2, 0.25) is 0 Å². The first-order valence-corrected chi connectivity index (χ1v) is 20.7. The Balaban J connectivity index is 1.32. The van der Waals surface area contributed by atoms with Crippen LogP contribution in [0.3, 0.4) is 0 Å². The van der Waals surface area contributed by atoms with Crippen LogP contribution >= 0.6 is 18.1 Å². The summed E-state index contributed by atoms with van der Waals surface area (Å²) in [5.41, 5.74) is 2.29. The highest BCUT2D eigenvalue weighted by Crippen LogP contribution is 2.51. The smallest absolute Gasteiger partial charge is 0.342 e. The first kappa shape index (κ1) is 39.1. The van der Waals surface area contributed by atoms with Crippen LogP contribution in [0.5, 0.6) is 23.0 Å². The minimum absolute atomic E-state index is 0.0687. The topological polar surface area (TPSA) is 81.7 Å². The number of ether oxygens (including phenoxy) is 1. The van der Waals surface area contributed by atoms with Crippen molar-refractivity contribution in [2.24, 2.45) is 0 Å². The van der Waals surface area contributed by atoms with Crippen molar-refractivity contribution in [3.05, 3.63) is 157 Å². The van der Waals surface area contributed by atoms with E-state index in [4.69, 9.17) is 32.6 Å². The molecule has 0 saturated heterocycles. The molecule has 8 aromatic rings. The standard InChI is InChI=1S/C48H42O8P2/c1-30(2)51-48(49)41-28-35-18-8-12-24-40(35)45(47(41)56-58-54-43-26-14-20-33-16-6-10-22-38(33)43)44-39-23-11-7-17-34(39)27-36(29-50-52-31(3)4)46(44)55-57-53-42-25-13-19-32-15-5-9-21-37(32)42/h5-28,30-31,57-58H,29H2,1-4H3. The van der Waals surface area contributed by atoms with Crippen molar-refractivity contribution >= 4 is 67.1 Å². The summed E-state index contributed by atoms with van der Waals surface area (Å²) in [5.74, 6) is 1.62. The molecule has 0 radical (unpaired) electrons. The van der Waals surface area contributed by atoms with Crippen LogP contribution in [0, 0.1) is 0 Å². The highest BCUT2D eigenvalue weighted by atomic mass is 31.1. The number of carbonyl (C=O) groups excluding carboxylic acids is 1. The number of carbonyl (C=O) groups is 1. The van der Waals surface area contributed by atoms with E-state index >= 15 is 0 Å². The van der Waals surface area contributed by atoms with Crippen molar-refractivity contribution in [3.63, 3.8) is 0 Å². The molecule has 0 aliphatic heterocycles. The van der Waals surface area contributed by atoms with Crippen molar-refractivity contribution in [2.75, 3.05) is 0 Å². The van der Waals surface area contributed by atoms with E-state index in [0.29, 0.717) is 39.7 Å². The molecule has 0 aromatic heterocycles. The molecule has 2 atom stereocenters. The summed E-state index contributed by atoms with van der Waals surface area (Å²) >= 11 is 0. The number of benzene rings is 8. The number of hydrogen-bond donors (Lipinski definition) is 0. The van der Waals surface area contributed by atoms with Gasteiger partial charge >= 0.3 is 5.97 Å². The Morgan fingerprint density at radius 3 is 1.52 bits per heavy atom. The largest absolute Gasteiger partial charge is 0.459 e. The van der Waals surface area contributed by atoms with Crippen LogP contribution in [0.1, 0.15) is 43.6 Å². The zero-order chi connectivity index (χ0) is 40.0. The van der Waals surface area contributed by atoms with Gasteiger partial charge in [-0.25, -0.2) is 14.6 Å². The fraction of sp³-hybridized carbons (Fsp3) is 0.146. The van der Waals surface area contributed by atoms with Crippen LogP contribution in [0.4, 0.5) is 0 Å². The molecule has 0 heterocycles. The van der Waals surface area contributed by atoms with Crippen molar-refractivity contribution in [2.45, 2.75) is 46.5 Å². The normalized spacial score (nSPS) is 11.9. The minimum Gasteiger partial charge on any atom is -0.459 e. The van der Waals surface area contributed by atoms with E-state index in [0.717, 1.165) is 43.1 Å². The molecule has 0 fully saturated rings. The zero-order valence-corrected chi connectivity index (χ0v) is 34.5. The summed E-state index contributed by atoms with van der Waals surface area (Å²) in [7, 11) is -0.984. The molecule has 8 nitrogen and oxygen atoms in total. The van der Waals surface area contributed by atoms with Gasteiger partial charge in [0, 0.05) is 27.5 Å². The lowest BCUT2D eigenvalue weighted by Crippen LogP contribution is -2.13. The lowest BCUT2D eigenvalue weighted by atomic mass is 9.89. The fourth-order valence-electron chi connectivity index (χ4n) is 6.99. The summed E-state index contributed by atoms with van der Waals surface area (Å²) < 4.78 is 32.2. The third kappa shape index (κ3) is 8.43. The van der Waals surface area contributed by atoms with Crippen LogP contribution < -0.4 is 18.1 Å². The van der Waals surface area contributed by atoms with Gasteiger partial charge in [0.25, 0.3) is 18.1 Å². The molecule has 0 bridgehead atoms. The Kier molecular flexibility index (Phi) is 12.0. The number of fused-ring (bicyclic) bond motifs is 4. The Hall–Kier alpha value is -5.75. The maximum absolute atomic E-state index is 14.1. The second-order valence-electron chi connectivity index (χ2n) is 14.2. The zero-order valence-electron chi connectivity index (χ0n) is 32.5. The molecular formula is C48H42O8P2. The average Bonchev–Trinajstić information content (AvgIpc) is 3.23. The summed E-state index contributed by atoms with van der Waals surface area (Å²) in [6.45, 7) is 7.53. The molecule has 10 heteroatoms. The Labute approximate surface area is 340 Å². The SMILES string of the molecule is CC(C)OOCc1cc2ccccc2c(-c2c(OPOc3cccc4ccccc34)c(C(=O)OC(C)C)cc3ccccc23)c1OPOc1cccc2ccccc12. The van der Waals surface area contributed by atoms with Gasteiger partial charge in [0.15, 0.2) is 0 Å². The Morgan fingerprint density at radius 1 is 0.500 bits per heavy atom. The molecule has 0 aliphatic rings. The predicted octanol–water partition coefficient (Wildman–Crippen LogP) is 13.3. The van der Waals surface area contributed by atoms with E-state index in [1.807, 2.05) is 173 Å². The Morgan fingerprint density at radius 2 is 0.966 bits per heavy atom. The molecule has 0 aliphatic carbocycles. The van der Waals surface area contributed by atoms with E-state index < -0.39 is 24.0 Å². The second kappa shape index (κ2) is 17.8. The van der Waals surface area contributed by atoms with Crippen molar-refractivity contribution in [1.29, 1.82) is 0 Å². The molecule has 0 spiro atoms. The van der Waals surface area contributed by atoms with Gasteiger partial charge in [-0.3, -0.25) is 0 Å². The van der Waals surface area contributed by atoms with Crippen LogP contribution in [-0.2, 0) is 21.1 Å². The average molecular weight is 809 g/mol. The van der Waals surface area contributed by atoms with Gasteiger partial charge < -0.3 is 22.8 Å². The van der Waals surface area contributed by atoms with E-state index in [1.54, 1.807) is 0 Å². The third-order valence-corrected chi connectivity index (χ3v) is 10.6. The van der Waals surface area contributed by atoms with Crippen LogP contribution in [0.25, 0.3) is 54.2 Å². The van der Waals surface area contributed by atoms with Gasteiger partial charge in [-0.1, -0.05) is 121 Å². The summed E-state index contributed by atoms with van der Waals surface area (Å²) in [6, 6.07) is 47.7. The van der Waals surface area contributed by atoms with Gasteiger partial charge in [-0.05, 0) is 84.3 Å². The highest BCUT2D eigenvalue weighted by molar-refractivity contribution is 7.27. The number of hydrogen-bond acceptors (Lipinski definition) is 8. The molecule has 0 amide bonds. The summed E-state index contributed by atoms with van der Waals surface area (Å²) in [5, 5.41) is 7.45. The molecule has 8 rings (SSSR count). The first-order valence-electron chi connectivity index (χ1n) is 19.1. The number of esters is 1. The Bertz CT molecular complexity index is 2740. The van der Waals surface area contributed by atoms with Crippen molar-refractivity contribution < 1.29 is 37.4 Å². The maximum Gasteiger partial charge on any atom is 0.342 e. The van der Waals surface area contributed by atoms with Crippen LogP contribution in [0.2, 0.25) is 0 Å². The lowest BCUT2D eigenvalue weighted by molar-refractivity contribution is -0.325. The van der Waals surface area contributed by atoms with Crippen LogP contribution in [-0.4, -0.2) is 18.2 Å². The molecule has 0 N–H and O–H groups in total. The molecular weight excluding hydrogens is 766 g/mol. The van der Waals surface area contributed by atoms with E-state index in [1.165, 1.54) is 0 Å². The molecule has 292 valence electrons. The minimum atomic E-state index is -0.528. The van der Waals surface area contributed by atoms with Crippen molar-refractivity contribution in [1.82, 2.24) is 0 Å². The monoisotopic (exact) mass is 808 g/mol. The van der Waals surface area contributed by atoms with E-state index in [-0.39, 0.29) is 24.4 Å². The van der Waals surface area contributed by atoms with Gasteiger partial charge in [0.1, 0.15) is 35.2 Å². The third-order valence-electron chi connectivity index (χ3n) is 9.46. The van der Waals surface area contributed by atoms with Gasteiger partial charge in [-0.2, -0.15) is 0 Å². The van der Waals surface area contributed by atoms with Gasteiger partial charge in [0.05, 0.1) is 12.2 Å². The van der Waals surface area contributed by atoms with Crippen LogP contribution in [0.15, 0.2) is 146 Å². The molecule has 2 unspecified atom stereocenters. The molecule has 0 saturated carbocycles. The summed E-state index contributed by atoms with van der Waals surface area (Å²) in [6.07, 6.45) is -0.547. The maximum atomic E-state index is 14.1. The predicted molar refractivity (Wildman–Crippen MR) is 235 cm³/mol. The molecule has 58 heavy (non-hydrogen) atoms. The first-order chi connectivity index (χ1) is 28.4. The fourth-order valence-corrected chi connectivity index (χ4v) is 8.22.